The molecule has 0 saturated heterocycles. The molecule has 0 bridgehead atoms. The number of aliphatic hydroxyl groups is 1. The molecule has 1 N–H and O–H groups in total. The zero-order chi connectivity index (χ0) is 29.2. The number of fused-ring (bicyclic) bond motifs is 1. The van der Waals surface area contributed by atoms with Crippen LogP contribution < -0.4 is 4.74 Å². The Kier molecular flexibility index (Phi) is 9.06. The lowest BCUT2D eigenvalue weighted by Crippen LogP contribution is -2.38. The standard InChI is InChI=1S/C32H45NO6/c1-10-38-28(34)27-22(17-26(32(7,8)36)24-18-31(5,6)19-25(24)27)15-16-33(29(35)39-30(2,3)4)20-21-11-13-23(37-9)14-12-21/h11-14,17,36H,10,15-16,18-20H2,1-9H3. The molecule has 7 nitrogen and oxygen atoms in total. The molecule has 0 fully saturated rings. The van der Waals surface area contributed by atoms with Crippen molar-refractivity contribution in [3.05, 3.63) is 63.7 Å². The number of esters is 1. The summed E-state index contributed by atoms with van der Waals surface area (Å²) in [6.45, 7) is 16.1. The Bertz CT molecular complexity index is 1190. The van der Waals surface area contributed by atoms with Crippen molar-refractivity contribution < 1.29 is 28.9 Å². The van der Waals surface area contributed by atoms with Crippen molar-refractivity contribution in [3.63, 3.8) is 0 Å². The molecule has 0 atom stereocenters. The molecule has 1 amide bonds. The highest BCUT2D eigenvalue weighted by Crippen LogP contribution is 2.44. The van der Waals surface area contributed by atoms with Gasteiger partial charge >= 0.3 is 12.1 Å². The van der Waals surface area contributed by atoms with Gasteiger partial charge < -0.3 is 24.2 Å². The van der Waals surface area contributed by atoms with Gasteiger partial charge in [-0.05, 0) is 106 Å². The second-order valence-electron chi connectivity index (χ2n) is 12.7. The highest BCUT2D eigenvalue weighted by Gasteiger charge is 2.38. The summed E-state index contributed by atoms with van der Waals surface area (Å²) in [4.78, 5) is 28.2. The fourth-order valence-electron chi connectivity index (χ4n) is 5.23. The van der Waals surface area contributed by atoms with E-state index in [1.807, 2.05) is 51.1 Å². The predicted molar refractivity (Wildman–Crippen MR) is 152 cm³/mol. The maximum absolute atomic E-state index is 13.3. The van der Waals surface area contributed by atoms with Crippen LogP contribution in [-0.2, 0) is 40.9 Å². The van der Waals surface area contributed by atoms with E-state index in [-0.39, 0.29) is 18.0 Å². The molecule has 0 unspecified atom stereocenters. The first-order valence-electron chi connectivity index (χ1n) is 13.7. The van der Waals surface area contributed by atoms with Gasteiger partial charge in [0, 0.05) is 13.1 Å². The summed E-state index contributed by atoms with van der Waals surface area (Å²) in [7, 11) is 1.61. The number of amides is 1. The molecule has 2 aromatic carbocycles. The molecule has 0 aromatic heterocycles. The molecule has 1 aliphatic rings. The molecular weight excluding hydrogens is 494 g/mol. The molecule has 0 saturated carbocycles. The number of nitrogens with zero attached hydrogens (tertiary/aromatic N) is 1. The number of ether oxygens (including phenoxy) is 3. The third-order valence-electron chi connectivity index (χ3n) is 6.92. The van der Waals surface area contributed by atoms with Crippen LogP contribution in [0.1, 0.15) is 93.6 Å². The first-order chi connectivity index (χ1) is 18.0. The van der Waals surface area contributed by atoms with E-state index >= 15 is 0 Å². The number of hydrogen-bond acceptors (Lipinski definition) is 6. The van der Waals surface area contributed by atoms with Crippen LogP contribution in [0.4, 0.5) is 4.79 Å². The van der Waals surface area contributed by atoms with Gasteiger partial charge in [0.25, 0.3) is 0 Å². The van der Waals surface area contributed by atoms with E-state index in [1.165, 1.54) is 0 Å². The molecule has 3 rings (SSSR count). The van der Waals surface area contributed by atoms with Crippen molar-refractivity contribution in [2.45, 2.75) is 92.4 Å². The molecule has 0 radical (unpaired) electrons. The van der Waals surface area contributed by atoms with Gasteiger partial charge in [-0.1, -0.05) is 32.0 Å². The van der Waals surface area contributed by atoms with Gasteiger partial charge in [0.2, 0.25) is 0 Å². The molecule has 1 aliphatic carbocycles. The van der Waals surface area contributed by atoms with Crippen LogP contribution in [0, 0.1) is 5.41 Å². The van der Waals surface area contributed by atoms with E-state index in [1.54, 1.807) is 32.8 Å². The van der Waals surface area contributed by atoms with Crippen LogP contribution in [0.2, 0.25) is 0 Å². The Morgan fingerprint density at radius 3 is 2.18 bits per heavy atom. The first kappa shape index (κ1) is 30.5. The molecule has 39 heavy (non-hydrogen) atoms. The largest absolute Gasteiger partial charge is 0.497 e. The molecular formula is C32H45NO6. The number of rotatable bonds is 9. The summed E-state index contributed by atoms with van der Waals surface area (Å²) >= 11 is 0. The normalized spacial score (nSPS) is 14.5. The Morgan fingerprint density at radius 1 is 1.03 bits per heavy atom. The highest BCUT2D eigenvalue weighted by atomic mass is 16.6. The van der Waals surface area contributed by atoms with Crippen LogP contribution in [0.15, 0.2) is 30.3 Å². The van der Waals surface area contributed by atoms with E-state index in [0.29, 0.717) is 25.1 Å². The van der Waals surface area contributed by atoms with Crippen LogP contribution in [0.5, 0.6) is 5.75 Å². The number of methoxy groups -OCH3 is 1. The van der Waals surface area contributed by atoms with E-state index in [9.17, 15) is 14.7 Å². The lowest BCUT2D eigenvalue weighted by atomic mass is 9.85. The molecule has 0 spiro atoms. The Labute approximate surface area is 233 Å². The molecule has 2 aromatic rings. The second kappa shape index (κ2) is 11.6. The number of carbonyl (C=O) groups is 2. The number of hydrogen-bond donors (Lipinski definition) is 1. The zero-order valence-electron chi connectivity index (χ0n) is 25.1. The van der Waals surface area contributed by atoms with Crippen LogP contribution in [-0.4, -0.2) is 47.9 Å². The van der Waals surface area contributed by atoms with E-state index in [2.05, 4.69) is 13.8 Å². The topological polar surface area (TPSA) is 85.3 Å². The van der Waals surface area contributed by atoms with Crippen molar-refractivity contribution in [1.82, 2.24) is 4.90 Å². The fraction of sp³-hybridized carbons (Fsp3) is 0.562. The Hall–Kier alpha value is -3.06. The lowest BCUT2D eigenvalue weighted by Gasteiger charge is -2.29. The second-order valence-corrected chi connectivity index (χ2v) is 12.7. The van der Waals surface area contributed by atoms with E-state index < -0.39 is 17.3 Å². The monoisotopic (exact) mass is 539 g/mol. The van der Waals surface area contributed by atoms with Crippen LogP contribution in [0.3, 0.4) is 0 Å². The Balaban J connectivity index is 2.03. The van der Waals surface area contributed by atoms with E-state index in [0.717, 1.165) is 46.4 Å². The third kappa shape index (κ3) is 7.75. The van der Waals surface area contributed by atoms with Crippen molar-refractivity contribution in [2.75, 3.05) is 20.3 Å². The molecule has 7 heteroatoms. The van der Waals surface area contributed by atoms with Crippen molar-refractivity contribution in [2.24, 2.45) is 5.41 Å². The summed E-state index contributed by atoms with van der Waals surface area (Å²) < 4.78 is 16.5. The zero-order valence-corrected chi connectivity index (χ0v) is 25.1. The quantitative estimate of drug-likeness (QED) is 0.382. The SMILES string of the molecule is CCOC(=O)c1c(CCN(Cc2ccc(OC)cc2)C(=O)OC(C)(C)C)cc(C(C)(C)O)c2c1CC(C)(C)C2. The van der Waals surface area contributed by atoms with Gasteiger partial charge in [-0.2, -0.15) is 0 Å². The van der Waals surface area contributed by atoms with Crippen LogP contribution in [0.25, 0.3) is 0 Å². The first-order valence-corrected chi connectivity index (χ1v) is 13.7. The van der Waals surface area contributed by atoms with Gasteiger partial charge in [0.15, 0.2) is 0 Å². The van der Waals surface area contributed by atoms with Crippen molar-refractivity contribution in [3.8, 4) is 5.75 Å². The van der Waals surface area contributed by atoms with Gasteiger partial charge in [-0.3, -0.25) is 0 Å². The van der Waals surface area contributed by atoms with Crippen molar-refractivity contribution in [1.29, 1.82) is 0 Å². The summed E-state index contributed by atoms with van der Waals surface area (Å²) in [5.41, 5.74) is 3.29. The predicted octanol–water partition coefficient (Wildman–Crippen LogP) is 6.20. The molecule has 0 aliphatic heterocycles. The fourth-order valence-corrected chi connectivity index (χ4v) is 5.23. The summed E-state index contributed by atoms with van der Waals surface area (Å²) in [6.07, 6.45) is 1.46. The van der Waals surface area contributed by atoms with Crippen molar-refractivity contribution >= 4 is 12.1 Å². The van der Waals surface area contributed by atoms with E-state index in [4.69, 9.17) is 14.2 Å². The average molecular weight is 540 g/mol. The van der Waals surface area contributed by atoms with Gasteiger partial charge in [0.05, 0.1) is 24.9 Å². The number of carbonyl (C=O) groups excluding carboxylic acids is 2. The summed E-state index contributed by atoms with van der Waals surface area (Å²) in [6, 6.07) is 9.50. The van der Waals surface area contributed by atoms with Gasteiger partial charge in [-0.25, -0.2) is 9.59 Å². The van der Waals surface area contributed by atoms with Gasteiger partial charge in [-0.15, -0.1) is 0 Å². The minimum atomic E-state index is -1.08. The number of benzene rings is 2. The van der Waals surface area contributed by atoms with Gasteiger partial charge in [0.1, 0.15) is 11.4 Å². The minimum absolute atomic E-state index is 0.0425. The highest BCUT2D eigenvalue weighted by molar-refractivity contribution is 5.94. The third-order valence-corrected chi connectivity index (χ3v) is 6.92. The maximum atomic E-state index is 13.3. The maximum Gasteiger partial charge on any atom is 0.410 e. The Morgan fingerprint density at radius 2 is 1.64 bits per heavy atom. The average Bonchev–Trinajstić information content (AvgIpc) is 3.13. The lowest BCUT2D eigenvalue weighted by molar-refractivity contribution is 0.0235. The smallest absolute Gasteiger partial charge is 0.410 e. The molecule has 214 valence electrons. The van der Waals surface area contributed by atoms with Crippen LogP contribution >= 0.6 is 0 Å². The summed E-state index contributed by atoms with van der Waals surface area (Å²) in [5.74, 6) is 0.379. The minimum Gasteiger partial charge on any atom is -0.497 e. The summed E-state index contributed by atoms with van der Waals surface area (Å²) in [5, 5.41) is 11.1. The molecule has 0 heterocycles.